The van der Waals surface area contributed by atoms with Crippen molar-refractivity contribution in [3.8, 4) is 0 Å². The van der Waals surface area contributed by atoms with Gasteiger partial charge in [-0.3, -0.25) is 4.79 Å². The topological polar surface area (TPSA) is 64.6 Å². The Morgan fingerprint density at radius 3 is 1.96 bits per heavy atom. The number of carbonyl (C=O) groups is 2. The van der Waals surface area contributed by atoms with Crippen LogP contribution in [0.3, 0.4) is 0 Å². The first kappa shape index (κ1) is 19.0. The van der Waals surface area contributed by atoms with Crippen LogP contribution in [0.25, 0.3) is 0 Å². The Morgan fingerprint density at radius 1 is 0.957 bits per heavy atom. The number of nitrogens with one attached hydrogen (secondary N) is 1. The van der Waals surface area contributed by atoms with Crippen molar-refractivity contribution in [3.63, 3.8) is 0 Å². The number of hydrogen-bond donors (Lipinski definition) is 1. The molecule has 0 fully saturated rings. The van der Waals surface area contributed by atoms with Crippen LogP contribution in [0.4, 0.5) is 4.79 Å². The summed E-state index contributed by atoms with van der Waals surface area (Å²) >= 11 is 0. The number of amides is 1. The SMILES string of the molecule is CC(C)(C)OC(=O)C[C@@H](NC(=O)OC(C)(C)C)c1ccccc1. The molecule has 1 N–H and O–H groups in total. The van der Waals surface area contributed by atoms with Crippen LogP contribution in [0.2, 0.25) is 0 Å². The molecule has 128 valence electrons. The fourth-order valence-electron chi connectivity index (χ4n) is 1.94. The molecule has 0 saturated heterocycles. The summed E-state index contributed by atoms with van der Waals surface area (Å²) in [5, 5.41) is 2.74. The van der Waals surface area contributed by atoms with Gasteiger partial charge in [0.15, 0.2) is 0 Å². The van der Waals surface area contributed by atoms with Crippen molar-refractivity contribution in [1.82, 2.24) is 5.32 Å². The first-order chi connectivity index (χ1) is 10.5. The molecular formula is C18H27NO4. The molecule has 1 aromatic rings. The Kier molecular flexibility index (Phi) is 6.19. The number of ether oxygens (including phenoxy) is 2. The molecule has 0 saturated carbocycles. The maximum atomic E-state index is 12.1. The number of hydrogen-bond acceptors (Lipinski definition) is 4. The summed E-state index contributed by atoms with van der Waals surface area (Å²) in [7, 11) is 0. The molecule has 0 radical (unpaired) electrons. The third-order valence-electron chi connectivity index (χ3n) is 2.68. The molecular weight excluding hydrogens is 294 g/mol. The van der Waals surface area contributed by atoms with Crippen LogP contribution in [0, 0.1) is 0 Å². The molecule has 0 heterocycles. The number of carbonyl (C=O) groups excluding carboxylic acids is 2. The van der Waals surface area contributed by atoms with Gasteiger partial charge in [-0.2, -0.15) is 0 Å². The molecule has 0 bridgehead atoms. The van der Waals surface area contributed by atoms with Gasteiger partial charge in [0.2, 0.25) is 0 Å². The van der Waals surface area contributed by atoms with Crippen molar-refractivity contribution < 1.29 is 19.1 Å². The van der Waals surface area contributed by atoms with E-state index in [4.69, 9.17) is 9.47 Å². The normalized spacial score (nSPS) is 13.1. The largest absolute Gasteiger partial charge is 0.460 e. The standard InChI is InChI=1S/C18H27NO4/c1-17(2,3)22-15(20)12-14(13-10-8-7-9-11-13)19-16(21)23-18(4,5)6/h7-11,14H,12H2,1-6H3,(H,19,21)/t14-/m1/s1. The average molecular weight is 321 g/mol. The lowest BCUT2D eigenvalue weighted by Gasteiger charge is -2.25. The van der Waals surface area contributed by atoms with E-state index < -0.39 is 23.3 Å². The molecule has 5 nitrogen and oxygen atoms in total. The predicted molar refractivity (Wildman–Crippen MR) is 89.0 cm³/mol. The van der Waals surface area contributed by atoms with Crippen molar-refractivity contribution in [2.24, 2.45) is 0 Å². The summed E-state index contributed by atoms with van der Waals surface area (Å²) in [4.78, 5) is 24.1. The summed E-state index contributed by atoms with van der Waals surface area (Å²) in [6, 6.07) is 8.80. The highest BCUT2D eigenvalue weighted by molar-refractivity contribution is 5.73. The molecule has 1 amide bonds. The van der Waals surface area contributed by atoms with Gasteiger partial charge in [0, 0.05) is 0 Å². The number of esters is 1. The van der Waals surface area contributed by atoms with Gasteiger partial charge in [-0.15, -0.1) is 0 Å². The fraction of sp³-hybridized carbons (Fsp3) is 0.556. The zero-order chi connectivity index (χ0) is 17.7. The van der Waals surface area contributed by atoms with Crippen LogP contribution in [0.5, 0.6) is 0 Å². The zero-order valence-corrected chi connectivity index (χ0v) is 14.8. The molecule has 0 aliphatic rings. The van der Waals surface area contributed by atoms with E-state index >= 15 is 0 Å². The molecule has 0 aliphatic carbocycles. The van der Waals surface area contributed by atoms with E-state index in [-0.39, 0.29) is 12.4 Å². The lowest BCUT2D eigenvalue weighted by atomic mass is 10.0. The second kappa shape index (κ2) is 7.49. The monoisotopic (exact) mass is 321 g/mol. The van der Waals surface area contributed by atoms with Crippen molar-refractivity contribution in [3.05, 3.63) is 35.9 Å². The highest BCUT2D eigenvalue weighted by Gasteiger charge is 2.25. The first-order valence-corrected chi connectivity index (χ1v) is 7.72. The number of alkyl carbamates (subject to hydrolysis) is 1. The Hall–Kier alpha value is -2.04. The van der Waals surface area contributed by atoms with Crippen molar-refractivity contribution in [1.29, 1.82) is 0 Å². The zero-order valence-electron chi connectivity index (χ0n) is 14.8. The smallest absolute Gasteiger partial charge is 0.408 e. The van der Waals surface area contributed by atoms with Crippen LogP contribution in [-0.2, 0) is 14.3 Å². The molecule has 23 heavy (non-hydrogen) atoms. The summed E-state index contributed by atoms with van der Waals surface area (Å²) in [6.07, 6.45) is -0.518. The van der Waals surface area contributed by atoms with Gasteiger partial charge >= 0.3 is 12.1 Å². The Balaban J connectivity index is 2.83. The maximum Gasteiger partial charge on any atom is 0.408 e. The van der Waals surface area contributed by atoms with Gasteiger partial charge in [0.1, 0.15) is 11.2 Å². The van der Waals surface area contributed by atoms with Crippen LogP contribution in [0.1, 0.15) is 59.6 Å². The van der Waals surface area contributed by atoms with Crippen LogP contribution < -0.4 is 5.32 Å². The summed E-state index contributed by atoms with van der Waals surface area (Å²) in [5.41, 5.74) is -0.342. The summed E-state index contributed by atoms with van der Waals surface area (Å²) in [5.74, 6) is -0.373. The molecule has 0 unspecified atom stereocenters. The Labute approximate surface area is 138 Å². The van der Waals surface area contributed by atoms with Crippen LogP contribution >= 0.6 is 0 Å². The average Bonchev–Trinajstić information content (AvgIpc) is 2.34. The van der Waals surface area contributed by atoms with Crippen LogP contribution in [-0.4, -0.2) is 23.3 Å². The van der Waals surface area contributed by atoms with Gasteiger partial charge < -0.3 is 14.8 Å². The molecule has 1 rings (SSSR count). The third-order valence-corrected chi connectivity index (χ3v) is 2.68. The minimum absolute atomic E-state index is 0.0422. The van der Waals surface area contributed by atoms with E-state index in [2.05, 4.69) is 5.32 Å². The van der Waals surface area contributed by atoms with Gasteiger partial charge in [-0.25, -0.2) is 4.79 Å². The second-order valence-electron chi connectivity index (χ2n) is 7.40. The highest BCUT2D eigenvalue weighted by Crippen LogP contribution is 2.20. The van der Waals surface area contributed by atoms with Crippen molar-refractivity contribution in [2.45, 2.75) is 65.2 Å². The molecule has 0 spiro atoms. The Morgan fingerprint density at radius 2 is 1.48 bits per heavy atom. The Bertz CT molecular complexity index is 496. The van der Waals surface area contributed by atoms with Crippen molar-refractivity contribution >= 4 is 12.1 Å². The van der Waals surface area contributed by atoms with E-state index in [0.717, 1.165) is 5.56 Å². The fourth-order valence-corrected chi connectivity index (χ4v) is 1.94. The van der Waals surface area contributed by atoms with Gasteiger partial charge in [-0.05, 0) is 47.1 Å². The van der Waals surface area contributed by atoms with Gasteiger partial charge in [0.25, 0.3) is 0 Å². The molecule has 0 aromatic heterocycles. The van der Waals surface area contributed by atoms with E-state index in [1.54, 1.807) is 20.8 Å². The van der Waals surface area contributed by atoms with E-state index in [1.807, 2.05) is 51.1 Å². The summed E-state index contributed by atoms with van der Waals surface area (Å²) < 4.78 is 10.6. The number of rotatable bonds is 4. The molecule has 0 aliphatic heterocycles. The molecule has 1 aromatic carbocycles. The van der Waals surface area contributed by atoms with E-state index in [1.165, 1.54) is 0 Å². The van der Waals surface area contributed by atoms with Gasteiger partial charge in [-0.1, -0.05) is 30.3 Å². The number of benzene rings is 1. The maximum absolute atomic E-state index is 12.1. The highest BCUT2D eigenvalue weighted by atomic mass is 16.6. The van der Waals surface area contributed by atoms with Gasteiger partial charge in [0.05, 0.1) is 12.5 Å². The molecule has 5 heteroatoms. The van der Waals surface area contributed by atoms with E-state index in [9.17, 15) is 9.59 Å². The second-order valence-corrected chi connectivity index (χ2v) is 7.40. The third kappa shape index (κ3) is 8.24. The minimum Gasteiger partial charge on any atom is -0.460 e. The predicted octanol–water partition coefficient (Wildman–Crippen LogP) is 3.98. The van der Waals surface area contributed by atoms with Crippen molar-refractivity contribution in [2.75, 3.05) is 0 Å². The molecule has 1 atom stereocenters. The summed E-state index contributed by atoms with van der Waals surface area (Å²) in [6.45, 7) is 10.8. The lowest BCUT2D eigenvalue weighted by molar-refractivity contribution is -0.155. The quantitative estimate of drug-likeness (QED) is 0.852. The van der Waals surface area contributed by atoms with Crippen LogP contribution in [0.15, 0.2) is 30.3 Å². The first-order valence-electron chi connectivity index (χ1n) is 7.72. The van der Waals surface area contributed by atoms with E-state index in [0.29, 0.717) is 0 Å². The minimum atomic E-state index is -0.600. The lowest BCUT2D eigenvalue weighted by Crippen LogP contribution is -2.36.